The predicted octanol–water partition coefficient (Wildman–Crippen LogP) is 3.65. The summed E-state index contributed by atoms with van der Waals surface area (Å²) in [7, 11) is 3.26. The van der Waals surface area contributed by atoms with E-state index in [0.29, 0.717) is 12.5 Å². The molecule has 26 heavy (non-hydrogen) atoms. The molecule has 0 amide bonds. The number of fused-ring (bicyclic) bond motifs is 3. The van der Waals surface area contributed by atoms with Gasteiger partial charge in [-0.25, -0.2) is 4.98 Å². The van der Waals surface area contributed by atoms with E-state index in [2.05, 4.69) is 11.9 Å². The maximum atomic E-state index is 13.2. The van der Waals surface area contributed by atoms with Gasteiger partial charge in [0, 0.05) is 10.4 Å². The predicted molar refractivity (Wildman–Crippen MR) is 104 cm³/mol. The van der Waals surface area contributed by atoms with E-state index in [0.717, 1.165) is 46.5 Å². The van der Waals surface area contributed by atoms with Crippen LogP contribution in [0.3, 0.4) is 0 Å². The molecule has 5 nitrogen and oxygen atoms in total. The van der Waals surface area contributed by atoms with Crippen LogP contribution in [0, 0.1) is 5.92 Å². The van der Waals surface area contributed by atoms with Gasteiger partial charge in [-0.15, -0.1) is 11.3 Å². The van der Waals surface area contributed by atoms with Gasteiger partial charge < -0.3 is 9.47 Å². The lowest BCUT2D eigenvalue weighted by molar-refractivity contribution is 0.397. The van der Waals surface area contributed by atoms with E-state index in [1.807, 2.05) is 18.2 Å². The van der Waals surface area contributed by atoms with Crippen molar-refractivity contribution in [3.63, 3.8) is 0 Å². The minimum absolute atomic E-state index is 0.0342. The van der Waals surface area contributed by atoms with Crippen LogP contribution in [-0.4, -0.2) is 23.8 Å². The molecule has 136 valence electrons. The van der Waals surface area contributed by atoms with Crippen LogP contribution in [0.25, 0.3) is 10.2 Å². The third-order valence-corrected chi connectivity index (χ3v) is 6.27. The third kappa shape index (κ3) is 2.88. The first-order valence-electron chi connectivity index (χ1n) is 8.81. The number of rotatable bonds is 4. The summed E-state index contributed by atoms with van der Waals surface area (Å²) >= 11 is 1.68. The Hall–Kier alpha value is -2.34. The summed E-state index contributed by atoms with van der Waals surface area (Å²) < 4.78 is 12.4. The normalized spacial score (nSPS) is 16.5. The van der Waals surface area contributed by atoms with Crippen molar-refractivity contribution in [3.8, 4) is 11.5 Å². The van der Waals surface area contributed by atoms with Crippen LogP contribution in [0.1, 0.15) is 29.3 Å². The van der Waals surface area contributed by atoms with E-state index in [-0.39, 0.29) is 5.56 Å². The van der Waals surface area contributed by atoms with Crippen LogP contribution in [0.5, 0.6) is 11.5 Å². The number of nitrogens with zero attached hydrogens (tertiary/aromatic N) is 2. The fourth-order valence-electron chi connectivity index (χ4n) is 3.67. The number of aryl methyl sites for hydroxylation is 1. The minimum atomic E-state index is 0.0342. The molecule has 1 atom stereocenters. The highest BCUT2D eigenvalue weighted by atomic mass is 32.1. The highest BCUT2D eigenvalue weighted by molar-refractivity contribution is 7.18. The van der Waals surface area contributed by atoms with Crippen molar-refractivity contribution in [3.05, 3.63) is 50.9 Å². The Kier molecular flexibility index (Phi) is 4.44. The van der Waals surface area contributed by atoms with Crippen LogP contribution in [-0.2, 0) is 19.4 Å². The van der Waals surface area contributed by atoms with Crippen molar-refractivity contribution >= 4 is 21.6 Å². The van der Waals surface area contributed by atoms with Crippen molar-refractivity contribution in [1.82, 2.24) is 9.55 Å². The second kappa shape index (κ2) is 6.76. The highest BCUT2D eigenvalue weighted by Crippen LogP contribution is 2.35. The SMILES string of the molecule is COc1ccc(OC)c(Cn2cnc3sc4c(c3c2=O)CCC(C)C4)c1. The molecule has 3 aromatic rings. The summed E-state index contributed by atoms with van der Waals surface area (Å²) in [6.45, 7) is 2.68. The smallest absolute Gasteiger partial charge is 0.262 e. The summed E-state index contributed by atoms with van der Waals surface area (Å²) in [5.74, 6) is 2.16. The number of ether oxygens (including phenoxy) is 2. The average Bonchev–Trinajstić information content (AvgIpc) is 3.02. The summed E-state index contributed by atoms with van der Waals surface area (Å²) in [4.78, 5) is 19.9. The Morgan fingerprint density at radius 3 is 2.92 bits per heavy atom. The molecule has 6 heteroatoms. The topological polar surface area (TPSA) is 53.4 Å². The first-order chi connectivity index (χ1) is 12.6. The number of hydrogen-bond donors (Lipinski definition) is 0. The minimum Gasteiger partial charge on any atom is -0.497 e. The van der Waals surface area contributed by atoms with Gasteiger partial charge in [-0.05, 0) is 48.9 Å². The lowest BCUT2D eigenvalue weighted by Crippen LogP contribution is -2.22. The fraction of sp³-hybridized carbons (Fsp3) is 0.400. The van der Waals surface area contributed by atoms with E-state index < -0.39 is 0 Å². The third-order valence-electron chi connectivity index (χ3n) is 5.11. The summed E-state index contributed by atoms with van der Waals surface area (Å²) in [5, 5.41) is 0.807. The Labute approximate surface area is 156 Å². The van der Waals surface area contributed by atoms with Gasteiger partial charge in [-0.3, -0.25) is 9.36 Å². The zero-order chi connectivity index (χ0) is 18.3. The molecule has 4 rings (SSSR count). The van der Waals surface area contributed by atoms with E-state index in [1.54, 1.807) is 36.5 Å². The first-order valence-corrected chi connectivity index (χ1v) is 9.63. The van der Waals surface area contributed by atoms with Gasteiger partial charge in [0.15, 0.2) is 0 Å². The van der Waals surface area contributed by atoms with Gasteiger partial charge in [-0.1, -0.05) is 6.92 Å². The van der Waals surface area contributed by atoms with Crippen molar-refractivity contribution in [1.29, 1.82) is 0 Å². The quantitative estimate of drug-likeness (QED) is 0.703. The van der Waals surface area contributed by atoms with E-state index in [4.69, 9.17) is 9.47 Å². The summed E-state index contributed by atoms with van der Waals surface area (Å²) in [6, 6.07) is 5.61. The number of hydrogen-bond acceptors (Lipinski definition) is 5. The average molecular weight is 370 g/mol. The second-order valence-electron chi connectivity index (χ2n) is 6.89. The van der Waals surface area contributed by atoms with Gasteiger partial charge in [0.1, 0.15) is 16.3 Å². The maximum Gasteiger partial charge on any atom is 0.262 e. The molecule has 0 spiro atoms. The molecule has 1 aliphatic carbocycles. The van der Waals surface area contributed by atoms with Crippen LogP contribution in [0.15, 0.2) is 29.3 Å². The maximum absolute atomic E-state index is 13.2. The van der Waals surface area contributed by atoms with Gasteiger partial charge in [0.2, 0.25) is 0 Å². The molecule has 2 heterocycles. The Bertz CT molecular complexity index is 1020. The fourth-order valence-corrected chi connectivity index (χ4v) is 5.01. The largest absolute Gasteiger partial charge is 0.497 e. The Morgan fingerprint density at radius 2 is 2.15 bits per heavy atom. The standard InChI is InChI=1S/C20H22N2O3S/c1-12-4-6-15-17(8-12)26-19-18(15)20(23)22(11-21-19)10-13-9-14(24-2)5-7-16(13)25-3/h5,7,9,11-12H,4,6,8,10H2,1-3H3. The van der Waals surface area contributed by atoms with Gasteiger partial charge in [0.25, 0.3) is 5.56 Å². The van der Waals surface area contributed by atoms with Crippen LogP contribution >= 0.6 is 11.3 Å². The zero-order valence-electron chi connectivity index (χ0n) is 15.2. The number of thiophene rings is 1. The van der Waals surface area contributed by atoms with Crippen molar-refractivity contribution in [2.24, 2.45) is 5.92 Å². The molecule has 1 unspecified atom stereocenters. The first kappa shape index (κ1) is 17.1. The summed E-state index contributed by atoms with van der Waals surface area (Å²) in [5.41, 5.74) is 2.15. The van der Waals surface area contributed by atoms with Gasteiger partial charge >= 0.3 is 0 Å². The monoisotopic (exact) mass is 370 g/mol. The summed E-state index contributed by atoms with van der Waals surface area (Å²) in [6.07, 6.45) is 4.81. The lowest BCUT2D eigenvalue weighted by Gasteiger charge is -2.17. The number of benzene rings is 1. The molecule has 0 bridgehead atoms. The van der Waals surface area contributed by atoms with Crippen molar-refractivity contribution in [2.45, 2.75) is 32.7 Å². The van der Waals surface area contributed by atoms with Crippen LogP contribution in [0.2, 0.25) is 0 Å². The number of aromatic nitrogens is 2. The molecule has 0 N–H and O–H groups in total. The number of methoxy groups -OCH3 is 2. The van der Waals surface area contributed by atoms with E-state index in [9.17, 15) is 4.79 Å². The van der Waals surface area contributed by atoms with E-state index >= 15 is 0 Å². The van der Waals surface area contributed by atoms with Crippen molar-refractivity contribution in [2.75, 3.05) is 14.2 Å². The highest BCUT2D eigenvalue weighted by Gasteiger charge is 2.23. The van der Waals surface area contributed by atoms with Gasteiger partial charge in [0.05, 0.1) is 32.5 Å². The molecule has 0 radical (unpaired) electrons. The second-order valence-corrected chi connectivity index (χ2v) is 7.97. The molecule has 0 aliphatic heterocycles. The molecular formula is C20H22N2O3S. The van der Waals surface area contributed by atoms with Gasteiger partial charge in [-0.2, -0.15) is 0 Å². The van der Waals surface area contributed by atoms with E-state index in [1.165, 1.54) is 10.4 Å². The Morgan fingerprint density at radius 1 is 1.31 bits per heavy atom. The molecular weight excluding hydrogens is 348 g/mol. The lowest BCUT2D eigenvalue weighted by atomic mass is 9.89. The Balaban J connectivity index is 1.79. The van der Waals surface area contributed by atoms with Crippen molar-refractivity contribution < 1.29 is 9.47 Å². The molecule has 1 aromatic carbocycles. The molecule has 0 fully saturated rings. The molecule has 0 saturated carbocycles. The van der Waals surface area contributed by atoms with Crippen LogP contribution in [0.4, 0.5) is 0 Å². The molecule has 0 saturated heterocycles. The van der Waals surface area contributed by atoms with Crippen LogP contribution < -0.4 is 15.0 Å². The zero-order valence-corrected chi connectivity index (χ0v) is 16.1. The molecule has 1 aliphatic rings. The molecule has 2 aromatic heterocycles.